The Kier molecular flexibility index (Phi) is 5.73. The van der Waals surface area contributed by atoms with Crippen LogP contribution in [0.4, 0.5) is 0 Å². The number of hydrogen-bond acceptors (Lipinski definition) is 4. The molecule has 0 aromatic heterocycles. The molecule has 5 nitrogen and oxygen atoms in total. The Morgan fingerprint density at radius 2 is 2.05 bits per heavy atom. The molecule has 0 saturated carbocycles. The van der Waals surface area contributed by atoms with Crippen molar-refractivity contribution in [1.82, 2.24) is 5.32 Å². The van der Waals surface area contributed by atoms with Crippen LogP contribution in [0.25, 0.3) is 0 Å². The molecule has 2 rings (SSSR count). The van der Waals surface area contributed by atoms with Gasteiger partial charge in [-0.25, -0.2) is 0 Å². The first kappa shape index (κ1) is 15.9. The highest BCUT2D eigenvalue weighted by Gasteiger charge is 2.35. The van der Waals surface area contributed by atoms with Gasteiger partial charge in [0, 0.05) is 0 Å². The van der Waals surface area contributed by atoms with Crippen molar-refractivity contribution < 1.29 is 19.4 Å². The molecule has 2 N–H and O–H groups in total. The van der Waals surface area contributed by atoms with Gasteiger partial charge in [0.25, 0.3) is 0 Å². The number of aliphatic hydroxyl groups is 1. The van der Waals surface area contributed by atoms with E-state index in [-0.39, 0.29) is 12.5 Å². The maximum absolute atomic E-state index is 11.9. The zero-order valence-corrected chi connectivity index (χ0v) is 12.5. The standard InChI is InChI=1S/C16H23NO4/c1-11(2)8-14-15(18)17-13(16(19)21-14)10-20-9-12-6-4-3-5-7-12/h3-7,11,13-14,16,19H,8-10H2,1-2H3,(H,17,18)/t13-,14-,16?/m0/s1. The lowest BCUT2D eigenvalue weighted by Crippen LogP contribution is -2.58. The Hall–Kier alpha value is -1.43. The van der Waals surface area contributed by atoms with Crippen LogP contribution in [0.5, 0.6) is 0 Å². The number of amides is 1. The third-order valence-electron chi connectivity index (χ3n) is 3.36. The summed E-state index contributed by atoms with van der Waals surface area (Å²) in [6.07, 6.45) is -1.01. The first-order chi connectivity index (χ1) is 10.1. The smallest absolute Gasteiger partial charge is 0.249 e. The number of hydrogen-bond donors (Lipinski definition) is 2. The monoisotopic (exact) mass is 293 g/mol. The number of benzene rings is 1. The third-order valence-corrected chi connectivity index (χ3v) is 3.36. The maximum atomic E-state index is 11.9. The molecule has 1 unspecified atom stereocenters. The van der Waals surface area contributed by atoms with Crippen molar-refractivity contribution in [3.05, 3.63) is 35.9 Å². The number of nitrogens with one attached hydrogen (secondary N) is 1. The zero-order chi connectivity index (χ0) is 15.2. The molecule has 1 heterocycles. The normalized spacial score (nSPS) is 25.9. The van der Waals surface area contributed by atoms with E-state index in [0.717, 1.165) is 5.56 Å². The van der Waals surface area contributed by atoms with Gasteiger partial charge >= 0.3 is 0 Å². The summed E-state index contributed by atoms with van der Waals surface area (Å²) in [5.74, 6) is 0.154. The van der Waals surface area contributed by atoms with Crippen LogP contribution in [0.15, 0.2) is 30.3 Å². The summed E-state index contributed by atoms with van der Waals surface area (Å²) in [4.78, 5) is 11.9. The fourth-order valence-electron chi connectivity index (χ4n) is 2.26. The lowest BCUT2D eigenvalue weighted by Gasteiger charge is -2.34. The summed E-state index contributed by atoms with van der Waals surface area (Å²) in [5, 5.41) is 12.7. The van der Waals surface area contributed by atoms with Gasteiger partial charge in [0.2, 0.25) is 5.91 Å². The highest BCUT2D eigenvalue weighted by atomic mass is 16.6. The quantitative estimate of drug-likeness (QED) is 0.833. The Balaban J connectivity index is 1.78. The van der Waals surface area contributed by atoms with Crippen LogP contribution in [-0.2, 0) is 20.9 Å². The lowest BCUT2D eigenvalue weighted by molar-refractivity contribution is -0.197. The zero-order valence-electron chi connectivity index (χ0n) is 12.5. The fourth-order valence-corrected chi connectivity index (χ4v) is 2.26. The van der Waals surface area contributed by atoms with E-state index in [2.05, 4.69) is 5.32 Å². The van der Waals surface area contributed by atoms with Crippen LogP contribution in [0.3, 0.4) is 0 Å². The first-order valence-electron chi connectivity index (χ1n) is 7.32. The van der Waals surface area contributed by atoms with Crippen LogP contribution in [0.2, 0.25) is 0 Å². The van der Waals surface area contributed by atoms with E-state index in [0.29, 0.717) is 18.9 Å². The minimum Gasteiger partial charge on any atom is -0.374 e. The number of rotatable bonds is 6. The minimum atomic E-state index is -1.03. The number of carbonyl (C=O) groups excluding carboxylic acids is 1. The molecule has 116 valence electrons. The summed E-state index contributed by atoms with van der Waals surface area (Å²) < 4.78 is 10.9. The van der Waals surface area contributed by atoms with E-state index < -0.39 is 18.4 Å². The molecule has 0 radical (unpaired) electrons. The van der Waals surface area contributed by atoms with Crippen LogP contribution < -0.4 is 5.32 Å². The fraction of sp³-hybridized carbons (Fsp3) is 0.562. The van der Waals surface area contributed by atoms with Gasteiger partial charge in [-0.3, -0.25) is 4.79 Å². The van der Waals surface area contributed by atoms with Gasteiger partial charge in [0.15, 0.2) is 6.29 Å². The summed E-state index contributed by atoms with van der Waals surface area (Å²) in [7, 11) is 0. The summed E-state index contributed by atoms with van der Waals surface area (Å²) in [5.41, 5.74) is 1.05. The second-order valence-corrected chi connectivity index (χ2v) is 5.76. The summed E-state index contributed by atoms with van der Waals surface area (Å²) in [6.45, 7) is 4.68. The largest absolute Gasteiger partial charge is 0.374 e. The second-order valence-electron chi connectivity index (χ2n) is 5.76. The van der Waals surface area contributed by atoms with E-state index in [9.17, 15) is 9.90 Å². The number of ether oxygens (including phenoxy) is 2. The molecule has 1 aromatic carbocycles. The molecule has 1 aliphatic heterocycles. The molecule has 3 atom stereocenters. The molecule has 1 amide bonds. The molecular weight excluding hydrogens is 270 g/mol. The van der Waals surface area contributed by atoms with Crippen molar-refractivity contribution in [3.63, 3.8) is 0 Å². The van der Waals surface area contributed by atoms with Crippen LogP contribution >= 0.6 is 0 Å². The predicted octanol–water partition coefficient (Wildman–Crippen LogP) is 1.45. The molecule has 1 saturated heterocycles. The minimum absolute atomic E-state index is 0.178. The molecule has 21 heavy (non-hydrogen) atoms. The highest BCUT2D eigenvalue weighted by Crippen LogP contribution is 2.16. The van der Waals surface area contributed by atoms with Crippen LogP contribution in [0.1, 0.15) is 25.8 Å². The highest BCUT2D eigenvalue weighted by molar-refractivity contribution is 5.81. The Bertz CT molecular complexity index is 449. The molecule has 1 fully saturated rings. The first-order valence-corrected chi connectivity index (χ1v) is 7.32. The van der Waals surface area contributed by atoms with Crippen molar-refractivity contribution in [1.29, 1.82) is 0 Å². The Morgan fingerprint density at radius 3 is 2.71 bits per heavy atom. The van der Waals surface area contributed by atoms with E-state index in [4.69, 9.17) is 9.47 Å². The van der Waals surface area contributed by atoms with Gasteiger partial charge < -0.3 is 19.9 Å². The maximum Gasteiger partial charge on any atom is 0.249 e. The third kappa shape index (κ3) is 4.81. The predicted molar refractivity (Wildman–Crippen MR) is 78.4 cm³/mol. The van der Waals surface area contributed by atoms with Gasteiger partial charge in [-0.05, 0) is 17.9 Å². The van der Waals surface area contributed by atoms with Gasteiger partial charge in [-0.15, -0.1) is 0 Å². The van der Waals surface area contributed by atoms with Crippen molar-refractivity contribution >= 4 is 5.91 Å². The lowest BCUT2D eigenvalue weighted by atomic mass is 10.0. The molecule has 1 aliphatic rings. The van der Waals surface area contributed by atoms with Gasteiger partial charge in [-0.2, -0.15) is 0 Å². The number of carbonyl (C=O) groups is 1. The average Bonchev–Trinajstić information content (AvgIpc) is 2.44. The summed E-state index contributed by atoms with van der Waals surface area (Å²) >= 11 is 0. The summed E-state index contributed by atoms with van der Waals surface area (Å²) in [6, 6.07) is 9.23. The van der Waals surface area contributed by atoms with E-state index in [1.54, 1.807) is 0 Å². The van der Waals surface area contributed by atoms with Gasteiger partial charge in [-0.1, -0.05) is 44.2 Å². The second kappa shape index (κ2) is 7.54. The molecule has 5 heteroatoms. The Labute approximate surface area is 125 Å². The molecular formula is C16H23NO4. The molecule has 1 aromatic rings. The van der Waals surface area contributed by atoms with Gasteiger partial charge in [0.05, 0.1) is 13.2 Å². The van der Waals surface area contributed by atoms with Crippen molar-refractivity contribution in [2.24, 2.45) is 5.92 Å². The van der Waals surface area contributed by atoms with Crippen molar-refractivity contribution in [2.45, 2.75) is 45.3 Å². The van der Waals surface area contributed by atoms with Crippen molar-refractivity contribution in [3.8, 4) is 0 Å². The molecule has 0 spiro atoms. The van der Waals surface area contributed by atoms with Crippen molar-refractivity contribution in [2.75, 3.05) is 6.61 Å². The van der Waals surface area contributed by atoms with E-state index >= 15 is 0 Å². The van der Waals surface area contributed by atoms with Crippen LogP contribution in [0, 0.1) is 5.92 Å². The average molecular weight is 293 g/mol. The SMILES string of the molecule is CC(C)C[C@@H]1OC(O)[C@H](COCc2ccccc2)NC1=O. The molecule has 0 bridgehead atoms. The number of aliphatic hydroxyl groups excluding tert-OH is 1. The van der Waals surface area contributed by atoms with Crippen LogP contribution in [-0.4, -0.2) is 36.1 Å². The topological polar surface area (TPSA) is 67.8 Å². The van der Waals surface area contributed by atoms with E-state index in [1.807, 2.05) is 44.2 Å². The van der Waals surface area contributed by atoms with E-state index in [1.165, 1.54) is 0 Å². The Morgan fingerprint density at radius 1 is 1.33 bits per heavy atom. The van der Waals surface area contributed by atoms with Gasteiger partial charge in [0.1, 0.15) is 12.1 Å². The molecule has 0 aliphatic carbocycles. The number of morpholine rings is 1.